The second-order valence-corrected chi connectivity index (χ2v) is 6.38. The minimum Gasteiger partial charge on any atom is -0.325 e. The van der Waals surface area contributed by atoms with Crippen LogP contribution in [0.25, 0.3) is 0 Å². The molecule has 0 radical (unpaired) electrons. The number of carbonyl (C=O) groups is 1. The van der Waals surface area contributed by atoms with Gasteiger partial charge in [-0.05, 0) is 23.6 Å². The number of anilines is 1. The molecule has 0 bridgehead atoms. The Kier molecular flexibility index (Phi) is 7.15. The Hall–Kier alpha value is -1.15. The van der Waals surface area contributed by atoms with Gasteiger partial charge in [-0.2, -0.15) is 0 Å². The van der Waals surface area contributed by atoms with E-state index in [1.807, 2.05) is 13.8 Å². The number of benzene rings is 1. The van der Waals surface area contributed by atoms with E-state index in [1.165, 1.54) is 0 Å². The second kappa shape index (κ2) is 7.58. The third-order valence-corrected chi connectivity index (χ3v) is 3.35. The molecule has 0 aliphatic rings. The molecule has 0 saturated carbocycles. The van der Waals surface area contributed by atoms with Crippen LogP contribution in [0, 0.1) is 5.92 Å². The highest BCUT2D eigenvalue weighted by Gasteiger charge is 2.17. The Morgan fingerprint density at radius 1 is 1.25 bits per heavy atom. The van der Waals surface area contributed by atoms with Crippen LogP contribution >= 0.6 is 12.4 Å². The molecule has 0 fully saturated rings. The van der Waals surface area contributed by atoms with Gasteiger partial charge in [0.2, 0.25) is 15.9 Å². The zero-order valence-electron chi connectivity index (χ0n) is 11.4. The number of nitrogens with two attached hydrogens (primary N) is 2. The van der Waals surface area contributed by atoms with Gasteiger partial charge in [0, 0.05) is 5.69 Å². The number of hydrogen-bond acceptors (Lipinski definition) is 4. The number of nitrogens with one attached hydrogen (secondary N) is 1. The van der Waals surface area contributed by atoms with Crippen molar-refractivity contribution >= 4 is 34.0 Å². The van der Waals surface area contributed by atoms with Gasteiger partial charge in [-0.25, -0.2) is 13.6 Å². The van der Waals surface area contributed by atoms with E-state index in [2.05, 4.69) is 5.32 Å². The minimum absolute atomic E-state index is 0. The molecule has 1 aromatic carbocycles. The third kappa shape index (κ3) is 6.33. The summed E-state index contributed by atoms with van der Waals surface area (Å²) in [5.74, 6) is -0.455. The standard InChI is InChI=1S/C12H19N3O3S.ClH/c1-8(2)11(13)12(16)15-10-5-3-9(4-6-10)7-19(14,17)18;/h3-6,8,11H,7,13H2,1-2H3,(H,15,16)(H2,14,17,18);1H/t11-;/m1./s1. The van der Waals surface area contributed by atoms with Gasteiger partial charge in [0.1, 0.15) is 0 Å². The van der Waals surface area contributed by atoms with Gasteiger partial charge in [0.15, 0.2) is 0 Å². The van der Waals surface area contributed by atoms with Crippen molar-refractivity contribution in [1.29, 1.82) is 0 Å². The van der Waals surface area contributed by atoms with Crippen LogP contribution in [-0.2, 0) is 20.6 Å². The Morgan fingerprint density at radius 2 is 1.75 bits per heavy atom. The maximum absolute atomic E-state index is 11.7. The Morgan fingerprint density at radius 3 is 2.15 bits per heavy atom. The van der Waals surface area contributed by atoms with Gasteiger partial charge in [-0.3, -0.25) is 4.79 Å². The first-order valence-corrected chi connectivity index (χ1v) is 7.56. The molecule has 0 aliphatic carbocycles. The summed E-state index contributed by atoms with van der Waals surface area (Å²) >= 11 is 0. The molecule has 0 unspecified atom stereocenters. The monoisotopic (exact) mass is 321 g/mol. The quantitative estimate of drug-likeness (QED) is 0.744. The Labute approximate surface area is 125 Å². The van der Waals surface area contributed by atoms with E-state index in [0.29, 0.717) is 11.3 Å². The average molecular weight is 322 g/mol. The molecule has 8 heteroatoms. The highest BCUT2D eigenvalue weighted by Crippen LogP contribution is 2.12. The van der Waals surface area contributed by atoms with Crippen LogP contribution in [0.2, 0.25) is 0 Å². The van der Waals surface area contributed by atoms with E-state index in [1.54, 1.807) is 24.3 Å². The molecule has 5 N–H and O–H groups in total. The lowest BCUT2D eigenvalue weighted by atomic mass is 10.0. The first-order valence-electron chi connectivity index (χ1n) is 5.85. The number of hydrogen-bond donors (Lipinski definition) is 3. The fourth-order valence-electron chi connectivity index (χ4n) is 1.44. The van der Waals surface area contributed by atoms with Gasteiger partial charge < -0.3 is 11.1 Å². The summed E-state index contributed by atoms with van der Waals surface area (Å²) in [6, 6.07) is 5.85. The van der Waals surface area contributed by atoms with E-state index in [4.69, 9.17) is 10.9 Å². The predicted molar refractivity (Wildman–Crippen MR) is 81.9 cm³/mol. The van der Waals surface area contributed by atoms with Gasteiger partial charge >= 0.3 is 0 Å². The van der Waals surface area contributed by atoms with Crippen LogP contribution in [0.5, 0.6) is 0 Å². The van der Waals surface area contributed by atoms with Crippen molar-refractivity contribution in [2.45, 2.75) is 25.6 Å². The lowest BCUT2D eigenvalue weighted by molar-refractivity contribution is -0.118. The maximum atomic E-state index is 11.7. The number of primary sulfonamides is 1. The topological polar surface area (TPSA) is 115 Å². The summed E-state index contributed by atoms with van der Waals surface area (Å²) in [6.45, 7) is 3.72. The van der Waals surface area contributed by atoms with Crippen LogP contribution in [0.15, 0.2) is 24.3 Å². The van der Waals surface area contributed by atoms with Crippen molar-refractivity contribution < 1.29 is 13.2 Å². The number of amides is 1. The Balaban J connectivity index is 0.00000361. The zero-order chi connectivity index (χ0) is 14.6. The van der Waals surface area contributed by atoms with Crippen LogP contribution in [0.1, 0.15) is 19.4 Å². The molecule has 0 aliphatic heterocycles. The van der Waals surface area contributed by atoms with Crippen molar-refractivity contribution in [3.05, 3.63) is 29.8 Å². The molecule has 6 nitrogen and oxygen atoms in total. The van der Waals surface area contributed by atoms with Crippen molar-refractivity contribution in [1.82, 2.24) is 0 Å². The fourth-order valence-corrected chi connectivity index (χ4v) is 2.10. The van der Waals surface area contributed by atoms with Crippen molar-refractivity contribution in [2.24, 2.45) is 16.8 Å². The molecule has 1 aromatic rings. The van der Waals surface area contributed by atoms with Gasteiger partial charge in [0.05, 0.1) is 11.8 Å². The number of sulfonamides is 1. The summed E-state index contributed by atoms with van der Waals surface area (Å²) in [4.78, 5) is 11.7. The molecule has 0 spiro atoms. The van der Waals surface area contributed by atoms with Crippen LogP contribution < -0.4 is 16.2 Å². The van der Waals surface area contributed by atoms with Crippen LogP contribution in [0.3, 0.4) is 0 Å². The highest BCUT2D eigenvalue weighted by atomic mass is 35.5. The molecule has 1 amide bonds. The van der Waals surface area contributed by atoms with Crippen molar-refractivity contribution in [2.75, 3.05) is 5.32 Å². The lowest BCUT2D eigenvalue weighted by Gasteiger charge is -2.15. The summed E-state index contributed by atoms with van der Waals surface area (Å²) in [5, 5.41) is 7.61. The van der Waals surface area contributed by atoms with E-state index >= 15 is 0 Å². The number of halogens is 1. The predicted octanol–water partition coefficient (Wildman–Crippen LogP) is 0.819. The molecular weight excluding hydrogens is 302 g/mol. The molecule has 20 heavy (non-hydrogen) atoms. The SMILES string of the molecule is CC(C)[C@@H](N)C(=O)Nc1ccc(CS(N)(=O)=O)cc1.Cl. The second-order valence-electron chi connectivity index (χ2n) is 4.76. The smallest absolute Gasteiger partial charge is 0.241 e. The summed E-state index contributed by atoms with van der Waals surface area (Å²) in [5.41, 5.74) is 6.85. The van der Waals surface area contributed by atoms with Gasteiger partial charge in [-0.15, -0.1) is 12.4 Å². The third-order valence-electron chi connectivity index (χ3n) is 2.61. The van der Waals surface area contributed by atoms with Gasteiger partial charge in [0.25, 0.3) is 0 Å². The van der Waals surface area contributed by atoms with E-state index in [0.717, 1.165) is 0 Å². The lowest BCUT2D eigenvalue weighted by Crippen LogP contribution is -2.39. The first-order chi connectivity index (χ1) is 8.69. The van der Waals surface area contributed by atoms with Crippen LogP contribution in [-0.4, -0.2) is 20.4 Å². The van der Waals surface area contributed by atoms with E-state index in [9.17, 15) is 13.2 Å². The summed E-state index contributed by atoms with van der Waals surface area (Å²) < 4.78 is 21.8. The molecule has 0 aromatic heterocycles. The fraction of sp³-hybridized carbons (Fsp3) is 0.417. The molecule has 0 saturated heterocycles. The zero-order valence-corrected chi connectivity index (χ0v) is 13.0. The summed E-state index contributed by atoms with van der Waals surface area (Å²) in [6.07, 6.45) is 0. The number of rotatable bonds is 5. The average Bonchev–Trinajstić information content (AvgIpc) is 2.28. The van der Waals surface area contributed by atoms with E-state index in [-0.39, 0.29) is 30.0 Å². The minimum atomic E-state index is -3.55. The Bertz CT molecular complexity index is 544. The van der Waals surface area contributed by atoms with Gasteiger partial charge in [-0.1, -0.05) is 26.0 Å². The molecule has 1 rings (SSSR count). The maximum Gasteiger partial charge on any atom is 0.241 e. The normalized spacial score (nSPS) is 12.7. The number of carbonyl (C=O) groups excluding carboxylic acids is 1. The molecule has 0 heterocycles. The summed E-state index contributed by atoms with van der Waals surface area (Å²) in [7, 11) is -3.55. The molecular formula is C12H20ClN3O3S. The van der Waals surface area contributed by atoms with Crippen molar-refractivity contribution in [3.63, 3.8) is 0 Å². The largest absolute Gasteiger partial charge is 0.325 e. The molecule has 114 valence electrons. The van der Waals surface area contributed by atoms with Crippen LogP contribution in [0.4, 0.5) is 5.69 Å². The first kappa shape index (κ1) is 18.9. The molecule has 1 atom stereocenters. The van der Waals surface area contributed by atoms with Crippen molar-refractivity contribution in [3.8, 4) is 0 Å². The van der Waals surface area contributed by atoms with E-state index < -0.39 is 16.1 Å². The highest BCUT2D eigenvalue weighted by molar-refractivity contribution is 7.88.